The van der Waals surface area contributed by atoms with E-state index in [1.54, 1.807) is 6.20 Å². The van der Waals surface area contributed by atoms with Gasteiger partial charge in [0.15, 0.2) is 10.9 Å². The van der Waals surface area contributed by atoms with Gasteiger partial charge in [0.2, 0.25) is 0 Å². The van der Waals surface area contributed by atoms with Crippen LogP contribution in [-0.2, 0) is 13.1 Å². The van der Waals surface area contributed by atoms with Crippen molar-refractivity contribution in [3.05, 3.63) is 94.9 Å². The van der Waals surface area contributed by atoms with Gasteiger partial charge in [0.25, 0.3) is 0 Å². The Morgan fingerprint density at radius 2 is 1.80 bits per heavy atom. The highest BCUT2D eigenvalue weighted by molar-refractivity contribution is 7.80. The molecule has 0 aliphatic carbocycles. The van der Waals surface area contributed by atoms with Crippen molar-refractivity contribution in [1.29, 1.82) is 0 Å². The van der Waals surface area contributed by atoms with Crippen LogP contribution in [0, 0.1) is 6.92 Å². The predicted molar refractivity (Wildman–Crippen MR) is 125 cm³/mol. The number of nitrogens with one attached hydrogen (secondary N) is 2. The lowest BCUT2D eigenvalue weighted by molar-refractivity contribution is 0.686. The molecule has 2 aromatic carbocycles. The van der Waals surface area contributed by atoms with Gasteiger partial charge < -0.3 is 10.6 Å². The molecule has 0 bridgehead atoms. The quantitative estimate of drug-likeness (QED) is 0.419. The van der Waals surface area contributed by atoms with Gasteiger partial charge in [0.1, 0.15) is 0 Å². The van der Waals surface area contributed by atoms with Crippen LogP contribution in [0.5, 0.6) is 0 Å². The molecule has 0 saturated carbocycles. The Labute approximate surface area is 185 Å². The first-order chi connectivity index (χ1) is 14.5. The summed E-state index contributed by atoms with van der Waals surface area (Å²) in [7, 11) is 0. The minimum atomic E-state index is 0.460. The second kappa shape index (κ2) is 9.11. The summed E-state index contributed by atoms with van der Waals surface area (Å²) in [4.78, 5) is 0. The van der Waals surface area contributed by atoms with Crippen molar-refractivity contribution >= 4 is 40.4 Å². The van der Waals surface area contributed by atoms with Gasteiger partial charge in [-0.2, -0.15) is 10.2 Å². The van der Waals surface area contributed by atoms with Crippen LogP contribution in [0.15, 0.2) is 73.2 Å². The Morgan fingerprint density at radius 3 is 2.60 bits per heavy atom. The number of halogens is 1. The molecule has 152 valence electrons. The van der Waals surface area contributed by atoms with E-state index in [0.29, 0.717) is 24.0 Å². The van der Waals surface area contributed by atoms with Crippen molar-refractivity contribution in [3.63, 3.8) is 0 Å². The third kappa shape index (κ3) is 5.46. The first-order valence-corrected chi connectivity index (χ1v) is 10.3. The van der Waals surface area contributed by atoms with E-state index in [1.807, 2.05) is 52.1 Å². The number of benzene rings is 2. The Bertz CT molecular complexity index is 1150. The van der Waals surface area contributed by atoms with Gasteiger partial charge in [-0.15, -0.1) is 0 Å². The van der Waals surface area contributed by atoms with Crippen LogP contribution in [0.4, 0.5) is 11.5 Å². The molecule has 2 aromatic heterocycles. The number of aryl methyl sites for hydroxylation is 1. The molecule has 0 amide bonds. The lowest BCUT2D eigenvalue weighted by Gasteiger charge is -2.07. The van der Waals surface area contributed by atoms with Gasteiger partial charge >= 0.3 is 0 Å². The van der Waals surface area contributed by atoms with E-state index in [9.17, 15) is 0 Å². The molecule has 0 fully saturated rings. The molecule has 0 unspecified atom stereocenters. The molecule has 0 spiro atoms. The summed E-state index contributed by atoms with van der Waals surface area (Å²) in [6.07, 6.45) is 5.58. The van der Waals surface area contributed by atoms with Gasteiger partial charge in [0.05, 0.1) is 25.0 Å². The van der Waals surface area contributed by atoms with Crippen molar-refractivity contribution in [2.45, 2.75) is 20.0 Å². The van der Waals surface area contributed by atoms with Crippen molar-refractivity contribution in [3.8, 4) is 0 Å². The third-order valence-electron chi connectivity index (χ3n) is 4.46. The number of anilines is 2. The molecule has 0 aliphatic rings. The van der Waals surface area contributed by atoms with E-state index in [4.69, 9.17) is 23.8 Å². The van der Waals surface area contributed by atoms with Crippen LogP contribution in [-0.4, -0.2) is 24.7 Å². The first kappa shape index (κ1) is 20.1. The van der Waals surface area contributed by atoms with Crippen molar-refractivity contribution < 1.29 is 0 Å². The molecule has 6 nitrogen and oxygen atoms in total. The van der Waals surface area contributed by atoms with Crippen LogP contribution in [0.25, 0.3) is 0 Å². The Hall–Kier alpha value is -3.16. The third-order valence-corrected chi connectivity index (χ3v) is 4.91. The molecule has 30 heavy (non-hydrogen) atoms. The monoisotopic (exact) mass is 436 g/mol. The van der Waals surface area contributed by atoms with Crippen molar-refractivity contribution in [1.82, 2.24) is 19.6 Å². The lowest BCUT2D eigenvalue weighted by atomic mass is 10.1. The summed E-state index contributed by atoms with van der Waals surface area (Å²) in [6, 6.07) is 18.0. The smallest absolute Gasteiger partial charge is 0.176 e. The number of thiocarbonyl (C=S) groups is 1. The van der Waals surface area contributed by atoms with E-state index >= 15 is 0 Å². The largest absolute Gasteiger partial charge is 0.330 e. The summed E-state index contributed by atoms with van der Waals surface area (Å²) in [5.74, 6) is 0.675. The molecular weight excluding hydrogens is 416 g/mol. The van der Waals surface area contributed by atoms with Gasteiger partial charge in [0, 0.05) is 23.5 Å². The molecule has 0 saturated heterocycles. The highest BCUT2D eigenvalue weighted by atomic mass is 35.5. The Morgan fingerprint density at radius 1 is 1.00 bits per heavy atom. The van der Waals surface area contributed by atoms with Gasteiger partial charge in [-0.1, -0.05) is 53.6 Å². The summed E-state index contributed by atoms with van der Waals surface area (Å²) >= 11 is 11.3. The lowest BCUT2D eigenvalue weighted by Crippen LogP contribution is -2.19. The van der Waals surface area contributed by atoms with Crippen LogP contribution in [0.1, 0.15) is 16.7 Å². The van der Waals surface area contributed by atoms with Crippen molar-refractivity contribution in [2.24, 2.45) is 0 Å². The van der Waals surface area contributed by atoms with Crippen LogP contribution < -0.4 is 10.6 Å². The summed E-state index contributed by atoms with van der Waals surface area (Å²) < 4.78 is 3.72. The summed E-state index contributed by atoms with van der Waals surface area (Å²) in [5, 5.41) is 16.3. The maximum atomic E-state index is 5.93. The zero-order valence-corrected chi connectivity index (χ0v) is 18.0. The average molecular weight is 437 g/mol. The van der Waals surface area contributed by atoms with Gasteiger partial charge in [-0.25, -0.2) is 0 Å². The molecule has 4 rings (SSSR count). The SMILES string of the molecule is Cc1cccc(Cn2cc(NC(=S)Nc3ccn(Cc4ccc(Cl)cc4)n3)cn2)c1. The van der Waals surface area contributed by atoms with E-state index < -0.39 is 0 Å². The number of hydrogen-bond donors (Lipinski definition) is 2. The number of nitrogens with zero attached hydrogens (tertiary/aromatic N) is 4. The van der Waals surface area contributed by atoms with Crippen LogP contribution in [0.2, 0.25) is 5.02 Å². The van der Waals surface area contributed by atoms with E-state index in [2.05, 4.69) is 52.0 Å². The molecule has 0 radical (unpaired) electrons. The predicted octanol–water partition coefficient (Wildman–Crippen LogP) is 4.95. The number of aromatic nitrogens is 4. The minimum Gasteiger partial charge on any atom is -0.330 e. The van der Waals surface area contributed by atoms with Crippen LogP contribution in [0.3, 0.4) is 0 Å². The van der Waals surface area contributed by atoms with E-state index in [1.165, 1.54) is 11.1 Å². The zero-order chi connectivity index (χ0) is 20.9. The second-order valence-electron chi connectivity index (χ2n) is 7.02. The Kier molecular flexibility index (Phi) is 6.11. The molecule has 0 atom stereocenters. The van der Waals surface area contributed by atoms with Gasteiger partial charge in [-0.3, -0.25) is 9.36 Å². The maximum Gasteiger partial charge on any atom is 0.176 e. The fourth-order valence-corrected chi connectivity index (χ4v) is 3.43. The normalized spacial score (nSPS) is 10.7. The average Bonchev–Trinajstić information content (AvgIpc) is 3.33. The van der Waals surface area contributed by atoms with E-state index in [0.717, 1.165) is 16.3 Å². The molecule has 8 heteroatoms. The molecular formula is C22H21ClN6S. The first-order valence-electron chi connectivity index (χ1n) is 9.47. The number of rotatable bonds is 6. The maximum absolute atomic E-state index is 5.93. The Balaban J connectivity index is 1.31. The molecule has 0 aliphatic heterocycles. The summed E-state index contributed by atoms with van der Waals surface area (Å²) in [6.45, 7) is 3.45. The fraction of sp³-hybridized carbons (Fsp3) is 0.136. The highest BCUT2D eigenvalue weighted by Gasteiger charge is 2.05. The second-order valence-corrected chi connectivity index (χ2v) is 7.86. The van der Waals surface area contributed by atoms with Gasteiger partial charge in [-0.05, 0) is 42.4 Å². The molecule has 4 aromatic rings. The fourth-order valence-electron chi connectivity index (χ4n) is 3.08. The zero-order valence-electron chi connectivity index (χ0n) is 16.4. The molecule has 2 N–H and O–H groups in total. The number of hydrogen-bond acceptors (Lipinski definition) is 3. The van der Waals surface area contributed by atoms with E-state index in [-0.39, 0.29) is 0 Å². The topological polar surface area (TPSA) is 59.7 Å². The minimum absolute atomic E-state index is 0.460. The van der Waals surface area contributed by atoms with Crippen LogP contribution >= 0.6 is 23.8 Å². The standard InChI is InChI=1S/C22H21ClN6S/c1-16-3-2-4-18(11-16)14-29-15-20(12-24-29)25-22(30)26-21-9-10-28(27-21)13-17-5-7-19(23)8-6-17/h2-12,15H,13-14H2,1H3,(H2,25,26,27,30). The molecule has 2 heterocycles. The van der Waals surface area contributed by atoms with Crippen molar-refractivity contribution in [2.75, 3.05) is 10.6 Å². The summed E-state index contributed by atoms with van der Waals surface area (Å²) in [5.41, 5.74) is 4.38. The highest BCUT2D eigenvalue weighted by Crippen LogP contribution is 2.13.